The third-order valence-electron chi connectivity index (χ3n) is 4.31. The number of hydrogen-bond donors (Lipinski definition) is 1. The molecule has 0 spiro atoms. The van der Waals surface area contributed by atoms with Gasteiger partial charge in [0, 0.05) is 17.9 Å². The van der Waals surface area contributed by atoms with Gasteiger partial charge in [0.2, 0.25) is 0 Å². The van der Waals surface area contributed by atoms with Crippen molar-refractivity contribution in [1.82, 2.24) is 0 Å². The molecule has 3 aromatic carbocycles. The maximum absolute atomic E-state index is 6.49. The van der Waals surface area contributed by atoms with E-state index in [0.717, 1.165) is 6.54 Å². The Balaban J connectivity index is 1.85. The zero-order valence-electron chi connectivity index (χ0n) is 12.3. The molecule has 0 atom stereocenters. The molecule has 2 nitrogen and oxygen atoms in total. The van der Waals surface area contributed by atoms with Gasteiger partial charge in [-0.1, -0.05) is 66.7 Å². The van der Waals surface area contributed by atoms with E-state index in [1.54, 1.807) is 0 Å². The van der Waals surface area contributed by atoms with Gasteiger partial charge in [-0.05, 0) is 28.8 Å². The van der Waals surface area contributed by atoms with Crippen LogP contribution in [0.2, 0.25) is 0 Å². The molecule has 3 aromatic rings. The topological polar surface area (TPSA) is 29.3 Å². The normalized spacial score (nSPS) is 13.6. The van der Waals surface area contributed by atoms with Gasteiger partial charge in [0.05, 0.1) is 6.04 Å². The minimum absolute atomic E-state index is 0.0561. The third kappa shape index (κ3) is 2.09. The zero-order valence-corrected chi connectivity index (χ0v) is 12.3. The number of nitrogens with two attached hydrogens (primary N) is 1. The average Bonchev–Trinajstić information content (AvgIpc) is 2.59. The Morgan fingerprint density at radius 2 is 1.18 bits per heavy atom. The first-order valence-corrected chi connectivity index (χ1v) is 7.59. The van der Waals surface area contributed by atoms with Crippen LogP contribution in [-0.4, -0.2) is 0 Å². The third-order valence-corrected chi connectivity index (χ3v) is 4.31. The lowest BCUT2D eigenvalue weighted by Gasteiger charge is -2.36. The predicted molar refractivity (Wildman–Crippen MR) is 91.2 cm³/mol. The first-order chi connectivity index (χ1) is 10.8. The molecular formula is C20H18N2. The van der Waals surface area contributed by atoms with Gasteiger partial charge in [-0.2, -0.15) is 0 Å². The Hall–Kier alpha value is -2.58. The minimum Gasteiger partial charge on any atom is -0.336 e. The van der Waals surface area contributed by atoms with Gasteiger partial charge in [-0.3, -0.25) is 0 Å². The average molecular weight is 286 g/mol. The maximum atomic E-state index is 6.49. The van der Waals surface area contributed by atoms with E-state index < -0.39 is 0 Å². The smallest absolute Gasteiger partial charge is 0.0593 e. The van der Waals surface area contributed by atoms with Crippen LogP contribution in [0.15, 0.2) is 78.9 Å². The Morgan fingerprint density at radius 3 is 1.77 bits per heavy atom. The van der Waals surface area contributed by atoms with Gasteiger partial charge in [0.1, 0.15) is 0 Å². The van der Waals surface area contributed by atoms with Crippen LogP contribution in [0.25, 0.3) is 0 Å². The van der Waals surface area contributed by atoms with E-state index >= 15 is 0 Å². The van der Waals surface area contributed by atoms with Gasteiger partial charge in [0.15, 0.2) is 0 Å². The fraction of sp³-hybridized carbons (Fsp3) is 0.100. The van der Waals surface area contributed by atoms with Gasteiger partial charge < -0.3 is 10.6 Å². The van der Waals surface area contributed by atoms with Gasteiger partial charge in [-0.25, -0.2) is 0 Å². The lowest BCUT2D eigenvalue weighted by Crippen LogP contribution is -2.28. The van der Waals surface area contributed by atoms with E-state index in [2.05, 4.69) is 83.8 Å². The predicted octanol–water partition coefficient (Wildman–Crippen LogP) is 4.39. The molecule has 0 fully saturated rings. The number of fused-ring (bicyclic) bond motifs is 2. The largest absolute Gasteiger partial charge is 0.336 e. The van der Waals surface area contributed by atoms with E-state index in [9.17, 15) is 0 Å². The monoisotopic (exact) mass is 286 g/mol. The molecule has 0 aliphatic carbocycles. The molecule has 0 saturated heterocycles. The highest BCUT2D eigenvalue weighted by Gasteiger charge is 2.27. The second kappa shape index (κ2) is 5.32. The Kier molecular flexibility index (Phi) is 3.17. The molecule has 0 bridgehead atoms. The van der Waals surface area contributed by atoms with Crippen molar-refractivity contribution in [2.75, 3.05) is 4.90 Å². The Labute approximate surface area is 130 Å². The van der Waals surface area contributed by atoms with Crippen LogP contribution in [0.5, 0.6) is 0 Å². The first-order valence-electron chi connectivity index (χ1n) is 7.59. The summed E-state index contributed by atoms with van der Waals surface area (Å²) in [6.45, 7) is 0.849. The van der Waals surface area contributed by atoms with E-state index in [4.69, 9.17) is 5.73 Å². The highest BCUT2D eigenvalue weighted by atomic mass is 15.2. The molecule has 1 aliphatic rings. The van der Waals surface area contributed by atoms with Gasteiger partial charge >= 0.3 is 0 Å². The van der Waals surface area contributed by atoms with Gasteiger partial charge in [-0.15, -0.1) is 0 Å². The molecule has 0 amide bonds. The first kappa shape index (κ1) is 13.1. The molecule has 4 rings (SSSR count). The van der Waals surface area contributed by atoms with Crippen LogP contribution < -0.4 is 10.6 Å². The SMILES string of the molecule is NC1c2ccccc2N(Cc2ccccc2)c2ccccc21. The summed E-state index contributed by atoms with van der Waals surface area (Å²) in [6, 6.07) is 27.4. The van der Waals surface area contributed by atoms with Crippen LogP contribution in [0, 0.1) is 0 Å². The number of nitrogens with zero attached hydrogens (tertiary/aromatic N) is 1. The van der Waals surface area contributed by atoms with Crippen molar-refractivity contribution >= 4 is 11.4 Å². The summed E-state index contributed by atoms with van der Waals surface area (Å²) in [5.74, 6) is 0. The van der Waals surface area contributed by atoms with Crippen molar-refractivity contribution in [2.24, 2.45) is 5.73 Å². The summed E-state index contributed by atoms with van der Waals surface area (Å²) >= 11 is 0. The quantitative estimate of drug-likeness (QED) is 0.757. The molecule has 0 radical (unpaired) electrons. The van der Waals surface area contributed by atoms with Crippen LogP contribution in [0.1, 0.15) is 22.7 Å². The van der Waals surface area contributed by atoms with Crippen LogP contribution in [0.3, 0.4) is 0 Å². The molecular weight excluding hydrogens is 268 g/mol. The number of rotatable bonds is 2. The lowest BCUT2D eigenvalue weighted by atomic mass is 9.91. The molecule has 0 saturated carbocycles. The standard InChI is InChI=1S/C20H18N2/c21-20-16-10-4-6-12-18(16)22(14-15-8-2-1-3-9-15)19-13-7-5-11-17(19)20/h1-13,20H,14,21H2. The molecule has 0 unspecified atom stereocenters. The molecule has 1 aliphatic heterocycles. The van der Waals surface area contributed by atoms with E-state index in [1.807, 2.05) is 0 Å². The van der Waals surface area contributed by atoms with E-state index in [0.29, 0.717) is 0 Å². The minimum atomic E-state index is -0.0561. The van der Waals surface area contributed by atoms with E-state index in [-0.39, 0.29) is 6.04 Å². The van der Waals surface area contributed by atoms with Crippen molar-refractivity contribution in [3.63, 3.8) is 0 Å². The van der Waals surface area contributed by atoms with Crippen molar-refractivity contribution in [3.05, 3.63) is 95.6 Å². The lowest BCUT2D eigenvalue weighted by molar-refractivity contribution is 0.813. The second-order valence-electron chi connectivity index (χ2n) is 5.67. The highest BCUT2D eigenvalue weighted by molar-refractivity contribution is 5.75. The number of para-hydroxylation sites is 2. The maximum Gasteiger partial charge on any atom is 0.0593 e. The molecule has 1 heterocycles. The number of anilines is 2. The van der Waals surface area contributed by atoms with Gasteiger partial charge in [0.25, 0.3) is 0 Å². The van der Waals surface area contributed by atoms with Crippen molar-refractivity contribution in [3.8, 4) is 0 Å². The van der Waals surface area contributed by atoms with Crippen molar-refractivity contribution in [2.45, 2.75) is 12.6 Å². The molecule has 108 valence electrons. The molecule has 0 aromatic heterocycles. The number of benzene rings is 3. The molecule has 22 heavy (non-hydrogen) atoms. The fourth-order valence-corrected chi connectivity index (χ4v) is 3.23. The summed E-state index contributed by atoms with van der Waals surface area (Å²) in [6.07, 6.45) is 0. The Bertz CT molecular complexity index is 748. The molecule has 2 N–H and O–H groups in total. The molecule has 2 heteroatoms. The summed E-state index contributed by atoms with van der Waals surface area (Å²) < 4.78 is 0. The van der Waals surface area contributed by atoms with Crippen LogP contribution in [0.4, 0.5) is 11.4 Å². The Morgan fingerprint density at radius 1 is 0.682 bits per heavy atom. The van der Waals surface area contributed by atoms with E-state index in [1.165, 1.54) is 28.1 Å². The summed E-state index contributed by atoms with van der Waals surface area (Å²) in [4.78, 5) is 2.36. The zero-order chi connectivity index (χ0) is 14.9. The van der Waals surface area contributed by atoms with Crippen molar-refractivity contribution < 1.29 is 0 Å². The van der Waals surface area contributed by atoms with Crippen LogP contribution >= 0.6 is 0 Å². The highest BCUT2D eigenvalue weighted by Crippen LogP contribution is 2.43. The summed E-state index contributed by atoms with van der Waals surface area (Å²) in [5, 5.41) is 0. The summed E-state index contributed by atoms with van der Waals surface area (Å²) in [7, 11) is 0. The van der Waals surface area contributed by atoms with Crippen molar-refractivity contribution in [1.29, 1.82) is 0 Å². The number of hydrogen-bond acceptors (Lipinski definition) is 2. The second-order valence-corrected chi connectivity index (χ2v) is 5.67. The fourth-order valence-electron chi connectivity index (χ4n) is 3.23. The van der Waals surface area contributed by atoms with Crippen LogP contribution in [-0.2, 0) is 6.54 Å². The summed E-state index contributed by atoms with van der Waals surface area (Å²) in [5.41, 5.74) is 12.6.